The maximum atomic E-state index is 11.3. The Labute approximate surface area is 109 Å². The quantitative estimate of drug-likeness (QED) is 0.692. The highest BCUT2D eigenvalue weighted by molar-refractivity contribution is 7.15. The van der Waals surface area contributed by atoms with Crippen LogP contribution in [0.4, 0.5) is 5.13 Å². The summed E-state index contributed by atoms with van der Waals surface area (Å²) < 4.78 is 4.53. The van der Waals surface area contributed by atoms with Crippen LogP contribution in [0.2, 0.25) is 0 Å². The molecule has 1 aromatic rings. The minimum absolute atomic E-state index is 0.172. The maximum Gasteiger partial charge on any atom is 0.305 e. The second-order valence-corrected chi connectivity index (χ2v) is 4.58. The minimum atomic E-state index is -0.240. The van der Waals surface area contributed by atoms with E-state index in [0.717, 1.165) is 5.01 Å². The first-order valence-corrected chi connectivity index (χ1v) is 6.36. The molecule has 100 valence electrons. The molecule has 3 N–H and O–H groups in total. The number of aromatic nitrogens is 2. The van der Waals surface area contributed by atoms with Gasteiger partial charge in [-0.25, -0.2) is 0 Å². The van der Waals surface area contributed by atoms with Crippen molar-refractivity contribution in [1.82, 2.24) is 10.2 Å². The van der Waals surface area contributed by atoms with Crippen LogP contribution in [0, 0.1) is 0 Å². The Hall–Kier alpha value is -1.54. The van der Waals surface area contributed by atoms with Crippen LogP contribution in [0.25, 0.3) is 0 Å². The van der Waals surface area contributed by atoms with E-state index in [2.05, 4.69) is 20.3 Å². The van der Waals surface area contributed by atoms with Crippen molar-refractivity contribution in [3.05, 3.63) is 5.01 Å². The van der Waals surface area contributed by atoms with E-state index in [1.54, 1.807) is 0 Å². The molecule has 0 atom stereocenters. The zero-order valence-electron chi connectivity index (χ0n) is 10.1. The van der Waals surface area contributed by atoms with Crippen LogP contribution in [0.3, 0.4) is 0 Å². The molecule has 0 fully saturated rings. The Kier molecular flexibility index (Phi) is 6.23. The number of hydrogen-bond acceptors (Lipinski definition) is 7. The van der Waals surface area contributed by atoms with Gasteiger partial charge in [-0.05, 0) is 6.42 Å². The predicted octanol–water partition coefficient (Wildman–Crippen LogP) is 0.321. The molecular formula is C10H16N4O3S. The zero-order chi connectivity index (χ0) is 13.4. The van der Waals surface area contributed by atoms with Gasteiger partial charge in [0.2, 0.25) is 11.0 Å². The van der Waals surface area contributed by atoms with Gasteiger partial charge in [-0.2, -0.15) is 0 Å². The van der Waals surface area contributed by atoms with E-state index in [1.807, 2.05) is 0 Å². The Bertz CT molecular complexity index is 408. The topological polar surface area (TPSA) is 107 Å². The first-order chi connectivity index (χ1) is 8.65. The molecule has 0 spiro atoms. The molecule has 1 aromatic heterocycles. The van der Waals surface area contributed by atoms with Gasteiger partial charge in [-0.15, -0.1) is 10.2 Å². The molecule has 0 aliphatic rings. The lowest BCUT2D eigenvalue weighted by molar-refractivity contribution is -0.140. The summed E-state index contributed by atoms with van der Waals surface area (Å²) in [5, 5.41) is 11.6. The largest absolute Gasteiger partial charge is 0.469 e. The smallest absolute Gasteiger partial charge is 0.305 e. The second kappa shape index (κ2) is 7.72. The van der Waals surface area contributed by atoms with Crippen molar-refractivity contribution in [3.63, 3.8) is 0 Å². The van der Waals surface area contributed by atoms with E-state index in [-0.39, 0.29) is 18.3 Å². The molecule has 0 aliphatic carbocycles. The van der Waals surface area contributed by atoms with Crippen LogP contribution in [0.1, 0.15) is 24.3 Å². The molecule has 1 heterocycles. The summed E-state index contributed by atoms with van der Waals surface area (Å²) >= 11 is 1.30. The third-order valence-corrected chi connectivity index (χ3v) is 2.98. The van der Waals surface area contributed by atoms with Gasteiger partial charge in [0.05, 0.1) is 7.11 Å². The van der Waals surface area contributed by atoms with E-state index in [9.17, 15) is 9.59 Å². The molecule has 7 nitrogen and oxygen atoms in total. The summed E-state index contributed by atoms with van der Waals surface area (Å²) in [6.45, 7) is 0.302. The van der Waals surface area contributed by atoms with Gasteiger partial charge in [0.1, 0.15) is 5.01 Å². The van der Waals surface area contributed by atoms with Gasteiger partial charge in [0.15, 0.2) is 0 Å². The van der Waals surface area contributed by atoms with Gasteiger partial charge in [-0.1, -0.05) is 11.3 Å². The number of ether oxygens (including phenoxy) is 1. The average molecular weight is 272 g/mol. The van der Waals surface area contributed by atoms with Crippen molar-refractivity contribution >= 4 is 28.3 Å². The lowest BCUT2D eigenvalue weighted by Gasteiger charge is -1.97. The van der Waals surface area contributed by atoms with Gasteiger partial charge in [-0.3, -0.25) is 9.59 Å². The number of methoxy groups -OCH3 is 1. The highest BCUT2D eigenvalue weighted by Crippen LogP contribution is 2.17. The number of hydrogen-bond donors (Lipinski definition) is 2. The van der Waals surface area contributed by atoms with E-state index in [1.165, 1.54) is 18.4 Å². The number of nitrogens with two attached hydrogens (primary N) is 1. The van der Waals surface area contributed by atoms with Crippen LogP contribution in [0.5, 0.6) is 0 Å². The van der Waals surface area contributed by atoms with E-state index < -0.39 is 0 Å². The highest BCUT2D eigenvalue weighted by atomic mass is 32.1. The van der Waals surface area contributed by atoms with Gasteiger partial charge in [0.25, 0.3) is 0 Å². The third kappa shape index (κ3) is 5.19. The van der Waals surface area contributed by atoms with Crippen LogP contribution < -0.4 is 11.1 Å². The second-order valence-electron chi connectivity index (χ2n) is 3.52. The van der Waals surface area contributed by atoms with E-state index in [4.69, 9.17) is 5.73 Å². The molecule has 0 radical (unpaired) electrons. The lowest BCUT2D eigenvalue weighted by Crippen LogP contribution is -2.15. The number of aryl methyl sites for hydroxylation is 1. The molecule has 0 aromatic carbocycles. The molecule has 0 saturated carbocycles. The molecule has 0 unspecified atom stereocenters. The van der Waals surface area contributed by atoms with E-state index in [0.29, 0.717) is 30.9 Å². The summed E-state index contributed by atoms with van der Waals surface area (Å²) in [5.74, 6) is -0.411. The fourth-order valence-electron chi connectivity index (χ4n) is 1.20. The van der Waals surface area contributed by atoms with Crippen LogP contribution in [-0.4, -0.2) is 35.7 Å². The standard InChI is InChI=1S/C10H16N4O3S/c1-17-9(16)4-2-3-8-13-14-10(18-8)12-7(15)5-6-11/h2-6,11H2,1H3,(H,12,14,15). The molecule has 0 aliphatic heterocycles. The van der Waals surface area contributed by atoms with Crippen molar-refractivity contribution in [2.75, 3.05) is 19.0 Å². The number of carbonyl (C=O) groups is 2. The normalized spacial score (nSPS) is 10.1. The Balaban J connectivity index is 2.34. The monoisotopic (exact) mass is 272 g/mol. The maximum absolute atomic E-state index is 11.3. The fraction of sp³-hybridized carbons (Fsp3) is 0.600. The summed E-state index contributed by atoms with van der Waals surface area (Å²) in [6.07, 6.45) is 1.90. The summed E-state index contributed by atoms with van der Waals surface area (Å²) in [7, 11) is 1.36. The first kappa shape index (κ1) is 14.5. The van der Waals surface area contributed by atoms with Crippen LogP contribution >= 0.6 is 11.3 Å². The van der Waals surface area contributed by atoms with Crippen molar-refractivity contribution < 1.29 is 14.3 Å². The number of anilines is 1. The minimum Gasteiger partial charge on any atom is -0.469 e. The molecule has 0 bridgehead atoms. The SMILES string of the molecule is COC(=O)CCCc1nnc(NC(=O)CCN)s1. The van der Waals surface area contributed by atoms with Crippen molar-refractivity contribution in [2.24, 2.45) is 5.73 Å². The lowest BCUT2D eigenvalue weighted by atomic mass is 10.2. The first-order valence-electron chi connectivity index (χ1n) is 5.54. The Morgan fingerprint density at radius 2 is 2.17 bits per heavy atom. The van der Waals surface area contributed by atoms with Crippen molar-refractivity contribution in [2.45, 2.75) is 25.7 Å². The molecule has 8 heteroatoms. The Morgan fingerprint density at radius 1 is 1.39 bits per heavy atom. The number of esters is 1. The van der Waals surface area contributed by atoms with Crippen LogP contribution in [-0.2, 0) is 20.7 Å². The van der Waals surface area contributed by atoms with Gasteiger partial charge >= 0.3 is 5.97 Å². The predicted molar refractivity (Wildman–Crippen MR) is 67.2 cm³/mol. The molecular weight excluding hydrogens is 256 g/mol. The molecule has 18 heavy (non-hydrogen) atoms. The summed E-state index contributed by atoms with van der Waals surface area (Å²) in [4.78, 5) is 22.2. The number of nitrogens with one attached hydrogen (secondary N) is 1. The number of amides is 1. The highest BCUT2D eigenvalue weighted by Gasteiger charge is 2.08. The summed E-state index contributed by atoms with van der Waals surface area (Å²) in [5.41, 5.74) is 5.26. The zero-order valence-corrected chi connectivity index (χ0v) is 11.0. The van der Waals surface area contributed by atoms with Crippen molar-refractivity contribution in [1.29, 1.82) is 0 Å². The number of nitrogens with zero attached hydrogens (tertiary/aromatic N) is 2. The molecule has 0 saturated heterocycles. The third-order valence-electron chi connectivity index (χ3n) is 2.08. The number of rotatable bonds is 7. The average Bonchev–Trinajstić information content (AvgIpc) is 2.76. The van der Waals surface area contributed by atoms with Crippen LogP contribution in [0.15, 0.2) is 0 Å². The number of carbonyl (C=O) groups excluding carboxylic acids is 2. The van der Waals surface area contributed by atoms with Gasteiger partial charge < -0.3 is 15.8 Å². The van der Waals surface area contributed by atoms with E-state index >= 15 is 0 Å². The summed E-state index contributed by atoms with van der Waals surface area (Å²) in [6, 6.07) is 0. The molecule has 1 rings (SSSR count). The fourth-order valence-corrected chi connectivity index (χ4v) is 2.00. The van der Waals surface area contributed by atoms with Gasteiger partial charge in [0, 0.05) is 25.8 Å². The molecule has 1 amide bonds. The van der Waals surface area contributed by atoms with Crippen molar-refractivity contribution in [3.8, 4) is 0 Å². The Morgan fingerprint density at radius 3 is 2.83 bits per heavy atom.